The standard InChI is InChI=1S/C35H30F6N6O4.ClH/c1-45-29-17-28(51-33-42-18-26(19-43-33)44-31(48)23-4-7-25(8-5-23)35(39,40)41)11-6-24(29)16-30(45)32(49)47-14-12-46(13-15-47)20-22-2-9-27(10-3-22)50-21-34(36,37)38;/h2-11,16-19H,12-15,20-21H2,1H3,(H,44,48);1H. The lowest BCUT2D eigenvalue weighted by atomic mass is 10.1. The molecule has 3 heterocycles. The van der Waals surface area contributed by atoms with Crippen LogP contribution in [0.25, 0.3) is 10.9 Å². The smallest absolute Gasteiger partial charge is 0.422 e. The van der Waals surface area contributed by atoms with Gasteiger partial charge in [0.1, 0.15) is 17.2 Å². The summed E-state index contributed by atoms with van der Waals surface area (Å²) >= 11 is 0. The first-order chi connectivity index (χ1) is 24.2. The molecule has 2 aromatic heterocycles. The zero-order valence-electron chi connectivity index (χ0n) is 27.4. The average molecular weight is 749 g/mol. The van der Waals surface area contributed by atoms with Crippen LogP contribution >= 0.6 is 12.4 Å². The maximum Gasteiger partial charge on any atom is 0.422 e. The third-order valence-corrected chi connectivity index (χ3v) is 8.20. The Balaban J connectivity index is 0.00000523. The predicted octanol–water partition coefficient (Wildman–Crippen LogP) is 7.35. The molecule has 0 bridgehead atoms. The molecule has 0 aliphatic carbocycles. The second-order valence-corrected chi connectivity index (χ2v) is 11.8. The summed E-state index contributed by atoms with van der Waals surface area (Å²) in [7, 11) is 1.78. The first-order valence-corrected chi connectivity index (χ1v) is 15.6. The van der Waals surface area contributed by atoms with E-state index in [-0.39, 0.29) is 41.3 Å². The normalized spacial score (nSPS) is 13.8. The Hall–Kier alpha value is -5.35. The van der Waals surface area contributed by atoms with Crippen LogP contribution in [0.5, 0.6) is 17.5 Å². The van der Waals surface area contributed by atoms with Crippen LogP contribution in [0.15, 0.2) is 85.2 Å². The van der Waals surface area contributed by atoms with E-state index in [0.717, 1.165) is 40.7 Å². The van der Waals surface area contributed by atoms with Gasteiger partial charge in [-0.05, 0) is 60.2 Å². The van der Waals surface area contributed by atoms with Crippen LogP contribution in [0.1, 0.15) is 32.0 Å². The van der Waals surface area contributed by atoms with Crippen LogP contribution in [0.2, 0.25) is 0 Å². The van der Waals surface area contributed by atoms with Crippen LogP contribution in [-0.2, 0) is 19.8 Å². The van der Waals surface area contributed by atoms with Gasteiger partial charge in [0.2, 0.25) is 0 Å². The number of rotatable bonds is 9. The largest absolute Gasteiger partial charge is 0.484 e. The van der Waals surface area contributed by atoms with E-state index in [2.05, 4.69) is 20.2 Å². The fourth-order valence-electron chi connectivity index (χ4n) is 5.52. The molecule has 10 nitrogen and oxygen atoms in total. The molecular weight excluding hydrogens is 718 g/mol. The van der Waals surface area contributed by atoms with E-state index in [1.165, 1.54) is 24.5 Å². The molecule has 1 aliphatic rings. The summed E-state index contributed by atoms with van der Waals surface area (Å²) in [6.45, 7) is 1.49. The number of nitrogens with zero attached hydrogens (tertiary/aromatic N) is 5. The molecule has 6 rings (SSSR count). The van der Waals surface area contributed by atoms with Crippen LogP contribution in [0, 0.1) is 0 Å². The number of carbonyl (C=O) groups excluding carboxylic acids is 2. The molecule has 0 saturated carbocycles. The molecule has 1 saturated heterocycles. The third-order valence-electron chi connectivity index (χ3n) is 8.20. The highest BCUT2D eigenvalue weighted by atomic mass is 35.5. The second-order valence-electron chi connectivity index (χ2n) is 11.8. The number of piperazine rings is 1. The van der Waals surface area contributed by atoms with Crippen LogP contribution in [0.4, 0.5) is 32.0 Å². The number of benzene rings is 3. The van der Waals surface area contributed by atoms with Gasteiger partial charge < -0.3 is 24.3 Å². The van der Waals surface area contributed by atoms with Crippen LogP contribution < -0.4 is 14.8 Å². The van der Waals surface area contributed by atoms with E-state index in [1.54, 1.807) is 52.9 Å². The molecule has 1 N–H and O–H groups in total. The molecule has 0 radical (unpaired) electrons. The molecule has 0 atom stereocenters. The van der Waals surface area contributed by atoms with Crippen LogP contribution in [-0.4, -0.2) is 75.1 Å². The van der Waals surface area contributed by atoms with Gasteiger partial charge in [0.15, 0.2) is 6.61 Å². The Morgan fingerprint density at radius 1 is 0.827 bits per heavy atom. The number of hydrogen-bond acceptors (Lipinski definition) is 7. The van der Waals surface area contributed by atoms with Crippen molar-refractivity contribution in [3.63, 3.8) is 0 Å². The van der Waals surface area contributed by atoms with Gasteiger partial charge in [-0.2, -0.15) is 26.3 Å². The van der Waals surface area contributed by atoms with Crippen molar-refractivity contribution in [2.24, 2.45) is 7.05 Å². The fourth-order valence-corrected chi connectivity index (χ4v) is 5.52. The van der Waals surface area contributed by atoms with Crippen molar-refractivity contribution in [1.82, 2.24) is 24.3 Å². The first kappa shape index (κ1) is 37.9. The quantitative estimate of drug-likeness (QED) is 0.157. The Morgan fingerprint density at radius 3 is 2.08 bits per heavy atom. The van der Waals surface area contributed by atoms with Crippen molar-refractivity contribution >= 4 is 40.8 Å². The van der Waals surface area contributed by atoms with Gasteiger partial charge in [0, 0.05) is 56.8 Å². The Kier molecular flexibility index (Phi) is 11.3. The molecule has 2 amide bonds. The van der Waals surface area contributed by atoms with Gasteiger partial charge in [-0.15, -0.1) is 12.4 Å². The van der Waals surface area contributed by atoms with Crippen molar-refractivity contribution in [3.8, 4) is 17.5 Å². The van der Waals surface area contributed by atoms with E-state index in [0.29, 0.717) is 44.2 Å². The van der Waals surface area contributed by atoms with Crippen molar-refractivity contribution in [2.45, 2.75) is 18.9 Å². The molecule has 5 aromatic rings. The van der Waals surface area contributed by atoms with Crippen molar-refractivity contribution in [2.75, 3.05) is 38.1 Å². The number of aromatic nitrogens is 3. The van der Waals surface area contributed by atoms with E-state index >= 15 is 0 Å². The minimum absolute atomic E-state index is 0. The van der Waals surface area contributed by atoms with E-state index in [4.69, 9.17) is 9.47 Å². The zero-order valence-corrected chi connectivity index (χ0v) is 28.2. The SMILES string of the molecule is Cl.Cn1c(C(=O)N2CCN(Cc3ccc(OCC(F)(F)F)cc3)CC2)cc2ccc(Oc3ncc(NC(=O)c4ccc(C(F)(F)F)cc4)cn3)cc21. The maximum absolute atomic E-state index is 13.5. The van der Waals surface area contributed by atoms with Gasteiger partial charge >= 0.3 is 18.4 Å². The molecule has 3 aromatic carbocycles. The number of carbonyl (C=O) groups is 2. The highest BCUT2D eigenvalue weighted by molar-refractivity contribution is 6.04. The summed E-state index contributed by atoms with van der Waals surface area (Å²) in [4.78, 5) is 38.1. The topological polar surface area (TPSA) is 102 Å². The number of anilines is 1. The van der Waals surface area contributed by atoms with Gasteiger partial charge in [-0.25, -0.2) is 9.97 Å². The maximum atomic E-state index is 13.5. The minimum Gasteiger partial charge on any atom is -0.484 e. The van der Waals surface area contributed by atoms with E-state index in [9.17, 15) is 35.9 Å². The van der Waals surface area contributed by atoms with Crippen molar-refractivity contribution in [1.29, 1.82) is 0 Å². The Bertz CT molecular complexity index is 2010. The lowest BCUT2D eigenvalue weighted by Gasteiger charge is -2.34. The summed E-state index contributed by atoms with van der Waals surface area (Å²) in [5, 5.41) is 3.34. The van der Waals surface area contributed by atoms with Gasteiger partial charge in [-0.1, -0.05) is 12.1 Å². The number of halogens is 7. The monoisotopic (exact) mass is 748 g/mol. The summed E-state index contributed by atoms with van der Waals surface area (Å²) in [5.41, 5.74) is 1.53. The van der Waals surface area contributed by atoms with E-state index in [1.807, 2.05) is 0 Å². The van der Waals surface area contributed by atoms with Crippen LogP contribution in [0.3, 0.4) is 0 Å². The molecule has 274 valence electrons. The number of nitrogens with one attached hydrogen (secondary N) is 1. The van der Waals surface area contributed by atoms with Gasteiger partial charge in [0.05, 0.1) is 29.2 Å². The first-order valence-electron chi connectivity index (χ1n) is 15.6. The minimum atomic E-state index is -4.51. The predicted molar refractivity (Wildman–Crippen MR) is 181 cm³/mol. The van der Waals surface area contributed by atoms with Crippen molar-refractivity contribution in [3.05, 3.63) is 108 Å². The zero-order chi connectivity index (χ0) is 36.3. The summed E-state index contributed by atoms with van der Waals surface area (Å²) in [6.07, 6.45) is -6.31. The average Bonchev–Trinajstić information content (AvgIpc) is 3.43. The number of ether oxygens (including phenoxy) is 2. The lowest BCUT2D eigenvalue weighted by Crippen LogP contribution is -2.48. The Labute approximate surface area is 299 Å². The van der Waals surface area contributed by atoms with Gasteiger partial charge in [0.25, 0.3) is 11.8 Å². The van der Waals surface area contributed by atoms with Gasteiger partial charge in [-0.3, -0.25) is 14.5 Å². The molecule has 52 heavy (non-hydrogen) atoms. The van der Waals surface area contributed by atoms with E-state index < -0.39 is 30.4 Å². The third kappa shape index (κ3) is 9.30. The highest BCUT2D eigenvalue weighted by Gasteiger charge is 2.31. The molecule has 0 spiro atoms. The molecule has 1 aliphatic heterocycles. The summed E-state index contributed by atoms with van der Waals surface area (Å²) in [6, 6.07) is 17.3. The summed E-state index contributed by atoms with van der Waals surface area (Å²) in [5.74, 6) is -0.210. The number of alkyl halides is 6. The molecule has 1 fully saturated rings. The highest BCUT2D eigenvalue weighted by Crippen LogP contribution is 2.30. The van der Waals surface area contributed by atoms with Crippen molar-refractivity contribution < 1.29 is 45.4 Å². The molecular formula is C35H31ClF6N6O4. The lowest BCUT2D eigenvalue weighted by molar-refractivity contribution is -0.153. The fraction of sp³-hybridized carbons (Fsp3) is 0.257. The number of fused-ring (bicyclic) bond motifs is 1. The second kappa shape index (κ2) is 15.5. The molecule has 0 unspecified atom stereocenters. The number of hydrogen-bond donors (Lipinski definition) is 1. The Morgan fingerprint density at radius 2 is 1.46 bits per heavy atom. The summed E-state index contributed by atoms with van der Waals surface area (Å²) < 4.78 is 87.9. The number of aryl methyl sites for hydroxylation is 1. The molecule has 17 heteroatoms. The number of amides is 2.